The molecule has 0 atom stereocenters. The standard InChI is InChI=1S/C10H14N2O3/c1-14-9-5-3-8(4-6-9)7-11-10(13)12-15-2/h3-6H,7H2,1-2H3,(H2,11,12,13). The molecule has 1 rings (SSSR count). The Morgan fingerprint density at radius 1 is 1.27 bits per heavy atom. The average Bonchev–Trinajstić information content (AvgIpc) is 2.27. The molecule has 0 aliphatic rings. The zero-order valence-corrected chi connectivity index (χ0v) is 8.74. The first kappa shape index (κ1) is 11.3. The zero-order valence-electron chi connectivity index (χ0n) is 8.74. The summed E-state index contributed by atoms with van der Waals surface area (Å²) in [6.07, 6.45) is 0. The van der Waals surface area contributed by atoms with E-state index in [4.69, 9.17) is 4.74 Å². The molecule has 0 aliphatic heterocycles. The SMILES string of the molecule is CONC(=O)NCc1ccc(OC)cc1. The normalized spacial score (nSPS) is 9.47. The third-order valence-corrected chi connectivity index (χ3v) is 1.81. The summed E-state index contributed by atoms with van der Waals surface area (Å²) in [5.41, 5.74) is 3.15. The summed E-state index contributed by atoms with van der Waals surface area (Å²) < 4.78 is 5.01. The molecule has 0 aliphatic carbocycles. The van der Waals surface area contributed by atoms with Gasteiger partial charge in [-0.15, -0.1) is 0 Å². The number of hydrogen-bond donors (Lipinski definition) is 2. The van der Waals surface area contributed by atoms with Crippen molar-refractivity contribution in [3.63, 3.8) is 0 Å². The molecule has 0 aromatic heterocycles. The Kier molecular flexibility index (Phi) is 4.43. The van der Waals surface area contributed by atoms with Crippen molar-refractivity contribution >= 4 is 6.03 Å². The lowest BCUT2D eigenvalue weighted by molar-refractivity contribution is 0.107. The van der Waals surface area contributed by atoms with Crippen LogP contribution in [0, 0.1) is 0 Å². The smallest absolute Gasteiger partial charge is 0.338 e. The molecule has 2 N–H and O–H groups in total. The molecule has 0 fully saturated rings. The predicted octanol–water partition coefficient (Wildman–Crippen LogP) is 1.06. The Morgan fingerprint density at radius 3 is 2.47 bits per heavy atom. The lowest BCUT2D eigenvalue weighted by Crippen LogP contribution is -2.34. The van der Waals surface area contributed by atoms with Crippen molar-refractivity contribution in [1.29, 1.82) is 0 Å². The number of rotatable bonds is 4. The molecule has 1 aromatic carbocycles. The molecule has 0 spiro atoms. The van der Waals surface area contributed by atoms with Gasteiger partial charge in [0, 0.05) is 6.54 Å². The van der Waals surface area contributed by atoms with Gasteiger partial charge in [0.2, 0.25) is 0 Å². The number of benzene rings is 1. The second-order valence-corrected chi connectivity index (χ2v) is 2.84. The van der Waals surface area contributed by atoms with E-state index in [1.54, 1.807) is 7.11 Å². The van der Waals surface area contributed by atoms with E-state index in [0.29, 0.717) is 6.54 Å². The van der Waals surface area contributed by atoms with Crippen molar-refractivity contribution in [2.24, 2.45) is 0 Å². The van der Waals surface area contributed by atoms with Crippen LogP contribution < -0.4 is 15.5 Å². The zero-order chi connectivity index (χ0) is 11.1. The molecule has 1 aromatic rings. The van der Waals surface area contributed by atoms with Crippen molar-refractivity contribution in [2.75, 3.05) is 14.2 Å². The van der Waals surface area contributed by atoms with Gasteiger partial charge in [-0.1, -0.05) is 12.1 Å². The number of carbonyl (C=O) groups excluding carboxylic acids is 1. The Balaban J connectivity index is 2.40. The number of hydroxylamine groups is 1. The van der Waals surface area contributed by atoms with Crippen molar-refractivity contribution in [1.82, 2.24) is 10.8 Å². The maximum absolute atomic E-state index is 11.0. The number of urea groups is 1. The van der Waals surface area contributed by atoms with E-state index in [1.165, 1.54) is 7.11 Å². The second-order valence-electron chi connectivity index (χ2n) is 2.84. The lowest BCUT2D eigenvalue weighted by atomic mass is 10.2. The van der Waals surface area contributed by atoms with E-state index in [0.717, 1.165) is 11.3 Å². The number of nitrogens with one attached hydrogen (secondary N) is 2. The molecule has 15 heavy (non-hydrogen) atoms. The Labute approximate surface area is 88.3 Å². The van der Waals surface area contributed by atoms with Crippen molar-refractivity contribution < 1.29 is 14.4 Å². The highest BCUT2D eigenvalue weighted by Gasteiger charge is 1.98. The molecule has 5 nitrogen and oxygen atoms in total. The van der Waals surface area contributed by atoms with Crippen LogP contribution in [0.5, 0.6) is 5.75 Å². The fourth-order valence-electron chi connectivity index (χ4n) is 1.05. The fourth-order valence-corrected chi connectivity index (χ4v) is 1.05. The minimum absolute atomic E-state index is 0.367. The molecule has 0 radical (unpaired) electrons. The van der Waals surface area contributed by atoms with Crippen LogP contribution in [0.15, 0.2) is 24.3 Å². The van der Waals surface area contributed by atoms with E-state index in [-0.39, 0.29) is 6.03 Å². The Bertz CT molecular complexity index is 311. The van der Waals surface area contributed by atoms with E-state index in [9.17, 15) is 4.79 Å². The van der Waals surface area contributed by atoms with Gasteiger partial charge in [-0.05, 0) is 17.7 Å². The lowest BCUT2D eigenvalue weighted by Gasteiger charge is -2.06. The summed E-state index contributed by atoms with van der Waals surface area (Å²) in [6.45, 7) is 0.444. The van der Waals surface area contributed by atoms with Gasteiger partial charge in [0.1, 0.15) is 5.75 Å². The molecule has 0 saturated carbocycles. The Morgan fingerprint density at radius 2 is 1.93 bits per heavy atom. The number of ether oxygens (including phenoxy) is 1. The molecular formula is C10H14N2O3. The molecule has 0 saturated heterocycles. The molecular weight excluding hydrogens is 196 g/mol. The van der Waals surface area contributed by atoms with Gasteiger partial charge in [-0.25, -0.2) is 10.3 Å². The molecule has 0 unspecified atom stereocenters. The Hall–Kier alpha value is -1.75. The van der Waals surface area contributed by atoms with Gasteiger partial charge < -0.3 is 10.1 Å². The van der Waals surface area contributed by atoms with Crippen LogP contribution in [0.3, 0.4) is 0 Å². The van der Waals surface area contributed by atoms with Gasteiger partial charge in [0.05, 0.1) is 14.2 Å². The summed E-state index contributed by atoms with van der Waals surface area (Å²) >= 11 is 0. The van der Waals surface area contributed by atoms with Gasteiger partial charge in [0.25, 0.3) is 0 Å². The second kappa shape index (κ2) is 5.87. The number of hydrogen-bond acceptors (Lipinski definition) is 3. The van der Waals surface area contributed by atoms with Crippen LogP contribution in [0.25, 0.3) is 0 Å². The van der Waals surface area contributed by atoms with Crippen molar-refractivity contribution in [2.45, 2.75) is 6.54 Å². The van der Waals surface area contributed by atoms with Crippen LogP contribution in [-0.4, -0.2) is 20.3 Å². The third-order valence-electron chi connectivity index (χ3n) is 1.81. The number of methoxy groups -OCH3 is 1. The minimum Gasteiger partial charge on any atom is -0.497 e. The largest absolute Gasteiger partial charge is 0.497 e. The molecule has 82 valence electrons. The number of carbonyl (C=O) groups is 1. The van der Waals surface area contributed by atoms with Crippen LogP contribution in [0.1, 0.15) is 5.56 Å². The van der Waals surface area contributed by atoms with Gasteiger partial charge in [-0.2, -0.15) is 0 Å². The summed E-state index contributed by atoms with van der Waals surface area (Å²) in [5.74, 6) is 0.792. The average molecular weight is 210 g/mol. The van der Waals surface area contributed by atoms with Crippen molar-refractivity contribution in [3.8, 4) is 5.75 Å². The van der Waals surface area contributed by atoms with Crippen LogP contribution in [0.2, 0.25) is 0 Å². The van der Waals surface area contributed by atoms with E-state index in [1.807, 2.05) is 24.3 Å². The monoisotopic (exact) mass is 210 g/mol. The highest BCUT2D eigenvalue weighted by molar-refractivity contribution is 5.72. The van der Waals surface area contributed by atoms with E-state index < -0.39 is 0 Å². The molecule has 0 bridgehead atoms. The summed E-state index contributed by atoms with van der Waals surface area (Å²) in [4.78, 5) is 15.4. The molecule has 5 heteroatoms. The quantitative estimate of drug-likeness (QED) is 0.730. The summed E-state index contributed by atoms with van der Waals surface area (Å²) in [6, 6.07) is 7.07. The van der Waals surface area contributed by atoms with Crippen LogP contribution in [0.4, 0.5) is 4.79 Å². The summed E-state index contributed by atoms with van der Waals surface area (Å²) in [5, 5.41) is 2.62. The van der Waals surface area contributed by atoms with Crippen LogP contribution >= 0.6 is 0 Å². The van der Waals surface area contributed by atoms with Crippen LogP contribution in [-0.2, 0) is 11.4 Å². The maximum Gasteiger partial charge on any atom is 0.338 e. The summed E-state index contributed by atoms with van der Waals surface area (Å²) in [7, 11) is 2.99. The first-order chi connectivity index (χ1) is 7.26. The first-order valence-electron chi connectivity index (χ1n) is 4.46. The van der Waals surface area contributed by atoms with Crippen molar-refractivity contribution in [3.05, 3.63) is 29.8 Å². The highest BCUT2D eigenvalue weighted by Crippen LogP contribution is 2.10. The maximum atomic E-state index is 11.0. The van der Waals surface area contributed by atoms with E-state index >= 15 is 0 Å². The molecule has 0 heterocycles. The third kappa shape index (κ3) is 3.86. The highest BCUT2D eigenvalue weighted by atomic mass is 16.6. The molecule has 2 amide bonds. The number of amides is 2. The fraction of sp³-hybridized carbons (Fsp3) is 0.300. The van der Waals surface area contributed by atoms with Gasteiger partial charge >= 0.3 is 6.03 Å². The van der Waals surface area contributed by atoms with Gasteiger partial charge in [0.15, 0.2) is 0 Å². The van der Waals surface area contributed by atoms with E-state index in [2.05, 4.69) is 15.6 Å². The first-order valence-corrected chi connectivity index (χ1v) is 4.46. The van der Waals surface area contributed by atoms with Gasteiger partial charge in [-0.3, -0.25) is 4.84 Å². The topological polar surface area (TPSA) is 59.6 Å². The predicted molar refractivity (Wildman–Crippen MR) is 55.4 cm³/mol. The minimum atomic E-state index is -0.367.